The summed E-state index contributed by atoms with van der Waals surface area (Å²) in [6.45, 7) is 8.34. The molecular formula is C20H31N3O4S. The van der Waals surface area contributed by atoms with Gasteiger partial charge in [-0.25, -0.2) is 12.7 Å². The average Bonchev–Trinajstić information content (AvgIpc) is 3.16. The Bertz CT molecular complexity index is 824. The van der Waals surface area contributed by atoms with Gasteiger partial charge in [0.2, 0.25) is 10.0 Å². The number of carbonyl (C=O) groups is 1. The van der Waals surface area contributed by atoms with Crippen molar-refractivity contribution in [3.05, 3.63) is 28.8 Å². The van der Waals surface area contributed by atoms with Crippen molar-refractivity contribution in [2.45, 2.75) is 37.7 Å². The maximum absolute atomic E-state index is 13.0. The molecule has 1 amide bonds. The van der Waals surface area contributed by atoms with E-state index in [1.807, 2.05) is 11.8 Å². The van der Waals surface area contributed by atoms with E-state index < -0.39 is 10.0 Å². The number of carbonyl (C=O) groups excluding carboxylic acids is 1. The van der Waals surface area contributed by atoms with E-state index in [0.717, 1.165) is 44.6 Å². The molecule has 156 valence electrons. The maximum atomic E-state index is 13.0. The summed E-state index contributed by atoms with van der Waals surface area (Å²) in [5, 5.41) is 0. The highest BCUT2D eigenvalue weighted by Crippen LogP contribution is 2.24. The number of benzene rings is 1. The van der Waals surface area contributed by atoms with Crippen LogP contribution in [-0.4, -0.2) is 88.0 Å². The number of hydrogen-bond acceptors (Lipinski definition) is 5. The zero-order chi connectivity index (χ0) is 20.5. The van der Waals surface area contributed by atoms with E-state index in [1.54, 1.807) is 13.0 Å². The van der Waals surface area contributed by atoms with Crippen LogP contribution in [0.4, 0.5) is 0 Å². The Kier molecular flexibility index (Phi) is 6.44. The van der Waals surface area contributed by atoms with Crippen LogP contribution >= 0.6 is 0 Å². The van der Waals surface area contributed by atoms with Crippen LogP contribution in [0.25, 0.3) is 0 Å². The van der Waals surface area contributed by atoms with Gasteiger partial charge in [0, 0.05) is 59.0 Å². The highest BCUT2D eigenvalue weighted by molar-refractivity contribution is 7.89. The largest absolute Gasteiger partial charge is 0.377 e. The molecule has 2 aliphatic heterocycles. The maximum Gasteiger partial charge on any atom is 0.253 e. The second kappa shape index (κ2) is 8.49. The van der Waals surface area contributed by atoms with E-state index in [-0.39, 0.29) is 10.8 Å². The lowest BCUT2D eigenvalue weighted by molar-refractivity contribution is 0.0432. The molecule has 2 aliphatic rings. The highest BCUT2D eigenvalue weighted by Gasteiger charge is 2.28. The van der Waals surface area contributed by atoms with Crippen LogP contribution in [0.1, 0.15) is 34.3 Å². The summed E-state index contributed by atoms with van der Waals surface area (Å²) < 4.78 is 32.2. The van der Waals surface area contributed by atoms with Gasteiger partial charge < -0.3 is 9.64 Å². The smallest absolute Gasteiger partial charge is 0.253 e. The normalized spacial score (nSPS) is 21.5. The number of ether oxygens (including phenoxy) is 1. The molecular weight excluding hydrogens is 378 g/mol. The molecule has 1 aromatic rings. The van der Waals surface area contributed by atoms with Gasteiger partial charge in [0.25, 0.3) is 5.91 Å². The van der Waals surface area contributed by atoms with Gasteiger partial charge in [-0.2, -0.15) is 0 Å². The van der Waals surface area contributed by atoms with Crippen LogP contribution in [0.3, 0.4) is 0 Å². The van der Waals surface area contributed by atoms with Crippen molar-refractivity contribution >= 4 is 15.9 Å². The third kappa shape index (κ3) is 4.40. The fourth-order valence-electron chi connectivity index (χ4n) is 3.81. The molecule has 2 heterocycles. The molecule has 0 saturated carbocycles. The Balaban J connectivity index is 1.72. The molecule has 0 bridgehead atoms. The SMILES string of the molecule is Cc1cc(C(=O)N2CCN(CC3CCCO3)CC2)cc(S(=O)(=O)N(C)C)c1C. The van der Waals surface area contributed by atoms with Gasteiger partial charge in [-0.15, -0.1) is 0 Å². The molecule has 0 aromatic heterocycles. The molecule has 0 N–H and O–H groups in total. The topological polar surface area (TPSA) is 70.2 Å². The quantitative estimate of drug-likeness (QED) is 0.737. The Hall–Kier alpha value is -1.48. The van der Waals surface area contributed by atoms with E-state index >= 15 is 0 Å². The second-order valence-corrected chi connectivity index (χ2v) is 10.1. The standard InChI is InChI=1S/C20H31N3O4S/c1-15-12-17(13-19(16(15)2)28(25,26)21(3)4)20(24)23-9-7-22(8-10-23)14-18-6-5-11-27-18/h12-13,18H,5-11,14H2,1-4H3. The second-order valence-electron chi connectivity index (χ2n) is 7.93. The van der Waals surface area contributed by atoms with Crippen molar-refractivity contribution in [1.82, 2.24) is 14.1 Å². The van der Waals surface area contributed by atoms with E-state index in [4.69, 9.17) is 4.74 Å². The van der Waals surface area contributed by atoms with Crippen molar-refractivity contribution in [2.75, 3.05) is 53.4 Å². The zero-order valence-electron chi connectivity index (χ0n) is 17.3. The lowest BCUT2D eigenvalue weighted by Gasteiger charge is -2.35. The van der Waals surface area contributed by atoms with Crippen molar-refractivity contribution in [1.29, 1.82) is 0 Å². The number of nitrogens with zero attached hydrogens (tertiary/aromatic N) is 3. The lowest BCUT2D eigenvalue weighted by atomic mass is 10.0. The van der Waals surface area contributed by atoms with Gasteiger partial charge in [-0.3, -0.25) is 9.69 Å². The minimum Gasteiger partial charge on any atom is -0.377 e. The van der Waals surface area contributed by atoms with Gasteiger partial charge >= 0.3 is 0 Å². The first-order chi connectivity index (χ1) is 13.2. The summed E-state index contributed by atoms with van der Waals surface area (Å²) in [6.07, 6.45) is 2.57. The van der Waals surface area contributed by atoms with Crippen molar-refractivity contribution in [2.24, 2.45) is 0 Å². The Morgan fingerprint density at radius 2 is 1.86 bits per heavy atom. The number of rotatable bonds is 5. The van der Waals surface area contributed by atoms with E-state index in [2.05, 4.69) is 4.90 Å². The summed E-state index contributed by atoms with van der Waals surface area (Å²) >= 11 is 0. The summed E-state index contributed by atoms with van der Waals surface area (Å²) in [5.41, 5.74) is 1.94. The molecule has 7 nitrogen and oxygen atoms in total. The number of hydrogen-bond donors (Lipinski definition) is 0. The van der Waals surface area contributed by atoms with Crippen molar-refractivity contribution in [3.63, 3.8) is 0 Å². The third-order valence-electron chi connectivity index (χ3n) is 5.77. The molecule has 0 radical (unpaired) electrons. The zero-order valence-corrected chi connectivity index (χ0v) is 18.1. The Morgan fingerprint density at radius 3 is 2.43 bits per heavy atom. The molecule has 28 heavy (non-hydrogen) atoms. The number of aryl methyl sites for hydroxylation is 1. The minimum absolute atomic E-state index is 0.102. The molecule has 2 fully saturated rings. The van der Waals surface area contributed by atoms with Crippen LogP contribution in [0.2, 0.25) is 0 Å². The first-order valence-electron chi connectivity index (χ1n) is 9.87. The van der Waals surface area contributed by atoms with Crippen molar-refractivity contribution < 1.29 is 17.9 Å². The van der Waals surface area contributed by atoms with Gasteiger partial charge in [0.1, 0.15) is 0 Å². The van der Waals surface area contributed by atoms with E-state index in [0.29, 0.717) is 30.3 Å². The fraction of sp³-hybridized carbons (Fsp3) is 0.650. The first-order valence-corrected chi connectivity index (χ1v) is 11.3. The Morgan fingerprint density at radius 1 is 1.18 bits per heavy atom. The molecule has 3 rings (SSSR count). The van der Waals surface area contributed by atoms with Crippen LogP contribution < -0.4 is 0 Å². The first kappa shape index (κ1) is 21.2. The molecule has 2 saturated heterocycles. The summed E-state index contributed by atoms with van der Waals surface area (Å²) in [5.74, 6) is -0.102. The number of sulfonamides is 1. The van der Waals surface area contributed by atoms with Gasteiger partial charge in [0.15, 0.2) is 0 Å². The number of amides is 1. The molecule has 1 unspecified atom stereocenters. The fourth-order valence-corrected chi connectivity index (χ4v) is 5.02. The third-order valence-corrected chi connectivity index (χ3v) is 7.71. The molecule has 1 aromatic carbocycles. The molecule has 8 heteroatoms. The predicted octanol–water partition coefficient (Wildman–Crippen LogP) is 1.49. The molecule has 0 aliphatic carbocycles. The van der Waals surface area contributed by atoms with Crippen molar-refractivity contribution in [3.8, 4) is 0 Å². The van der Waals surface area contributed by atoms with Gasteiger partial charge in [-0.05, 0) is 49.9 Å². The van der Waals surface area contributed by atoms with Crippen LogP contribution in [0, 0.1) is 13.8 Å². The summed E-state index contributed by atoms with van der Waals surface area (Å²) in [4.78, 5) is 17.4. The summed E-state index contributed by atoms with van der Waals surface area (Å²) in [6, 6.07) is 3.32. The van der Waals surface area contributed by atoms with E-state index in [1.165, 1.54) is 24.5 Å². The molecule has 1 atom stereocenters. The Labute approximate surface area is 168 Å². The molecule has 0 spiro atoms. The highest BCUT2D eigenvalue weighted by atomic mass is 32.2. The van der Waals surface area contributed by atoms with E-state index in [9.17, 15) is 13.2 Å². The predicted molar refractivity (Wildman–Crippen MR) is 108 cm³/mol. The van der Waals surface area contributed by atoms with Crippen LogP contribution in [0.15, 0.2) is 17.0 Å². The summed E-state index contributed by atoms with van der Waals surface area (Å²) in [7, 11) is -0.587. The lowest BCUT2D eigenvalue weighted by Crippen LogP contribution is -2.50. The monoisotopic (exact) mass is 409 g/mol. The van der Waals surface area contributed by atoms with Gasteiger partial charge in [-0.1, -0.05) is 0 Å². The van der Waals surface area contributed by atoms with Crippen LogP contribution in [-0.2, 0) is 14.8 Å². The number of piperazine rings is 1. The average molecular weight is 410 g/mol. The van der Waals surface area contributed by atoms with Crippen LogP contribution in [0.5, 0.6) is 0 Å². The minimum atomic E-state index is -3.60. The van der Waals surface area contributed by atoms with Gasteiger partial charge in [0.05, 0.1) is 11.0 Å².